The van der Waals surface area contributed by atoms with Crippen molar-refractivity contribution in [1.29, 1.82) is 0 Å². The van der Waals surface area contributed by atoms with Gasteiger partial charge >= 0.3 is 0 Å². The number of sulfonamides is 1. The van der Waals surface area contributed by atoms with Crippen molar-refractivity contribution in [2.75, 3.05) is 31.6 Å². The van der Waals surface area contributed by atoms with Gasteiger partial charge in [-0.25, -0.2) is 8.42 Å². The van der Waals surface area contributed by atoms with Gasteiger partial charge in [0.1, 0.15) is 0 Å². The summed E-state index contributed by atoms with van der Waals surface area (Å²) in [7, 11) is -3.66. The molecule has 0 aromatic heterocycles. The molecule has 0 bridgehead atoms. The van der Waals surface area contributed by atoms with Gasteiger partial charge in [0.25, 0.3) is 5.91 Å². The maximum atomic E-state index is 12.9. The minimum atomic E-state index is -3.66. The third kappa shape index (κ3) is 5.87. The molecule has 8 nitrogen and oxygen atoms in total. The van der Waals surface area contributed by atoms with Gasteiger partial charge in [0.2, 0.25) is 15.9 Å². The van der Waals surface area contributed by atoms with Crippen LogP contribution >= 0.6 is 0 Å². The molecule has 1 saturated carbocycles. The number of benzene rings is 2. The molecule has 2 aromatic rings. The first-order valence-electron chi connectivity index (χ1n) is 10.9. The fraction of sp³-hybridized carbons (Fsp3) is 0.333. The quantitative estimate of drug-likeness (QED) is 0.607. The van der Waals surface area contributed by atoms with E-state index < -0.39 is 10.0 Å². The van der Waals surface area contributed by atoms with Crippen molar-refractivity contribution in [1.82, 2.24) is 9.62 Å². The summed E-state index contributed by atoms with van der Waals surface area (Å²) < 4.78 is 32.4. The number of hydrogen-bond donors (Lipinski definition) is 2. The van der Waals surface area contributed by atoms with E-state index in [1.54, 1.807) is 49.4 Å². The van der Waals surface area contributed by atoms with Crippen molar-refractivity contribution in [2.45, 2.75) is 30.7 Å². The van der Waals surface area contributed by atoms with Crippen LogP contribution < -0.4 is 10.6 Å². The van der Waals surface area contributed by atoms with E-state index in [2.05, 4.69) is 10.6 Å². The molecular weight excluding hydrogens is 442 g/mol. The normalized spacial score (nSPS) is 17.1. The SMILES string of the molecule is Cc1ccc(S(=O)(=O)N2CCOCC2)cc1NC(=O)/C=C/c1ccc(C(=O)NC2CC2)cc1. The summed E-state index contributed by atoms with van der Waals surface area (Å²) in [6, 6.07) is 12.0. The molecule has 0 unspecified atom stereocenters. The monoisotopic (exact) mass is 469 g/mol. The van der Waals surface area contributed by atoms with Crippen molar-refractivity contribution in [2.24, 2.45) is 0 Å². The van der Waals surface area contributed by atoms with Crippen molar-refractivity contribution in [3.63, 3.8) is 0 Å². The molecule has 2 aliphatic rings. The number of nitrogens with one attached hydrogen (secondary N) is 2. The van der Waals surface area contributed by atoms with E-state index in [4.69, 9.17) is 4.74 Å². The Morgan fingerprint density at radius 3 is 2.42 bits per heavy atom. The Labute approximate surface area is 193 Å². The second-order valence-electron chi connectivity index (χ2n) is 8.19. The molecule has 1 saturated heterocycles. The van der Waals surface area contributed by atoms with Crippen LogP contribution in [0.3, 0.4) is 0 Å². The highest BCUT2D eigenvalue weighted by Crippen LogP contribution is 2.24. The summed E-state index contributed by atoms with van der Waals surface area (Å²) >= 11 is 0. The van der Waals surface area contributed by atoms with Crippen molar-refractivity contribution >= 4 is 33.6 Å². The van der Waals surface area contributed by atoms with Crippen LogP contribution in [0, 0.1) is 6.92 Å². The van der Waals surface area contributed by atoms with Crippen LogP contribution in [0.1, 0.15) is 34.3 Å². The number of morpholine rings is 1. The van der Waals surface area contributed by atoms with Gasteiger partial charge < -0.3 is 15.4 Å². The van der Waals surface area contributed by atoms with Crippen LogP contribution in [0.25, 0.3) is 6.08 Å². The predicted octanol–water partition coefficient (Wildman–Crippen LogP) is 2.56. The second-order valence-corrected chi connectivity index (χ2v) is 10.1. The number of rotatable bonds is 7. The van der Waals surface area contributed by atoms with Gasteiger partial charge in [-0.2, -0.15) is 4.31 Å². The van der Waals surface area contributed by atoms with Gasteiger partial charge in [-0.05, 0) is 61.2 Å². The van der Waals surface area contributed by atoms with Crippen LogP contribution in [0.15, 0.2) is 53.4 Å². The molecule has 0 atom stereocenters. The molecule has 4 rings (SSSR count). The fourth-order valence-electron chi connectivity index (χ4n) is 3.42. The number of carbonyl (C=O) groups excluding carboxylic acids is 2. The number of ether oxygens (including phenoxy) is 1. The zero-order chi connectivity index (χ0) is 23.4. The summed E-state index contributed by atoms with van der Waals surface area (Å²) in [6.45, 7) is 3.15. The first kappa shape index (κ1) is 23.2. The van der Waals surface area contributed by atoms with E-state index in [1.807, 2.05) is 0 Å². The molecule has 2 N–H and O–H groups in total. The average molecular weight is 470 g/mol. The van der Waals surface area contributed by atoms with Gasteiger partial charge in [-0.15, -0.1) is 0 Å². The van der Waals surface area contributed by atoms with Crippen LogP contribution in [-0.2, 0) is 19.6 Å². The summed E-state index contributed by atoms with van der Waals surface area (Å²) in [5, 5.41) is 5.69. The number of hydrogen-bond acceptors (Lipinski definition) is 5. The van der Waals surface area contributed by atoms with Crippen molar-refractivity contribution in [3.8, 4) is 0 Å². The van der Waals surface area contributed by atoms with Gasteiger partial charge in [0.05, 0.1) is 18.1 Å². The lowest BCUT2D eigenvalue weighted by Crippen LogP contribution is -2.40. The van der Waals surface area contributed by atoms with E-state index in [0.717, 1.165) is 24.0 Å². The fourth-order valence-corrected chi connectivity index (χ4v) is 4.86. The third-order valence-electron chi connectivity index (χ3n) is 5.59. The minimum absolute atomic E-state index is 0.0897. The summed E-state index contributed by atoms with van der Waals surface area (Å²) in [4.78, 5) is 24.7. The Bertz CT molecular complexity index is 1170. The number of anilines is 1. The third-order valence-corrected chi connectivity index (χ3v) is 7.48. The van der Waals surface area contributed by atoms with Crippen molar-refractivity contribution in [3.05, 3.63) is 65.2 Å². The zero-order valence-electron chi connectivity index (χ0n) is 18.4. The van der Waals surface area contributed by atoms with Crippen LogP contribution in [-0.4, -0.2) is 56.9 Å². The lowest BCUT2D eigenvalue weighted by molar-refractivity contribution is -0.111. The highest BCUT2D eigenvalue weighted by molar-refractivity contribution is 7.89. The molecule has 0 spiro atoms. The Morgan fingerprint density at radius 1 is 1.06 bits per heavy atom. The number of nitrogens with zero attached hydrogens (tertiary/aromatic N) is 1. The molecule has 0 radical (unpaired) electrons. The average Bonchev–Trinajstić information content (AvgIpc) is 3.64. The van der Waals surface area contributed by atoms with Gasteiger partial charge in [0.15, 0.2) is 0 Å². The smallest absolute Gasteiger partial charge is 0.251 e. The molecule has 9 heteroatoms. The Balaban J connectivity index is 1.41. The molecule has 2 aromatic carbocycles. The number of aryl methyl sites for hydroxylation is 1. The molecule has 1 heterocycles. The molecule has 33 heavy (non-hydrogen) atoms. The lowest BCUT2D eigenvalue weighted by atomic mass is 10.1. The second kappa shape index (κ2) is 9.86. The molecule has 1 aliphatic carbocycles. The largest absolute Gasteiger partial charge is 0.379 e. The van der Waals surface area contributed by atoms with E-state index in [0.29, 0.717) is 43.6 Å². The van der Waals surface area contributed by atoms with E-state index >= 15 is 0 Å². The predicted molar refractivity (Wildman–Crippen MR) is 125 cm³/mol. The first-order chi connectivity index (χ1) is 15.8. The zero-order valence-corrected chi connectivity index (χ0v) is 19.2. The van der Waals surface area contributed by atoms with Crippen molar-refractivity contribution < 1.29 is 22.7 Å². The van der Waals surface area contributed by atoms with Gasteiger partial charge in [-0.1, -0.05) is 18.2 Å². The minimum Gasteiger partial charge on any atom is -0.379 e. The Hall–Kier alpha value is -3.01. The Morgan fingerprint density at radius 2 is 1.76 bits per heavy atom. The number of carbonyl (C=O) groups is 2. The van der Waals surface area contributed by atoms with E-state index in [1.165, 1.54) is 16.4 Å². The summed E-state index contributed by atoms with van der Waals surface area (Å²) in [6.07, 6.45) is 5.08. The van der Waals surface area contributed by atoms with Gasteiger partial charge in [-0.3, -0.25) is 9.59 Å². The highest BCUT2D eigenvalue weighted by Gasteiger charge is 2.27. The molecule has 174 valence electrons. The molecule has 2 amide bonds. The van der Waals surface area contributed by atoms with E-state index in [-0.39, 0.29) is 16.7 Å². The first-order valence-corrected chi connectivity index (χ1v) is 12.4. The Kier molecular flexibility index (Phi) is 6.92. The molecule has 2 fully saturated rings. The maximum Gasteiger partial charge on any atom is 0.251 e. The summed E-state index contributed by atoms with van der Waals surface area (Å²) in [5.74, 6) is -0.470. The molecule has 1 aliphatic heterocycles. The standard InChI is InChI=1S/C24H27N3O5S/c1-17-2-10-21(33(30,31)27-12-14-32-15-13-27)16-22(17)26-23(28)11-5-18-3-6-19(7-4-18)24(29)25-20-8-9-20/h2-7,10-11,16,20H,8-9,12-15H2,1H3,(H,25,29)(H,26,28)/b11-5+. The number of amides is 2. The summed E-state index contributed by atoms with van der Waals surface area (Å²) in [5.41, 5.74) is 2.54. The molecular formula is C24H27N3O5S. The van der Waals surface area contributed by atoms with Crippen LogP contribution in [0.5, 0.6) is 0 Å². The van der Waals surface area contributed by atoms with Crippen LogP contribution in [0.2, 0.25) is 0 Å². The maximum absolute atomic E-state index is 12.9. The van der Waals surface area contributed by atoms with Crippen LogP contribution in [0.4, 0.5) is 5.69 Å². The lowest BCUT2D eigenvalue weighted by Gasteiger charge is -2.26. The topological polar surface area (TPSA) is 105 Å². The van der Waals surface area contributed by atoms with Gasteiger partial charge in [0, 0.05) is 36.5 Å². The highest BCUT2D eigenvalue weighted by atomic mass is 32.2. The van der Waals surface area contributed by atoms with E-state index in [9.17, 15) is 18.0 Å².